The molecule has 0 saturated heterocycles. The van der Waals surface area contributed by atoms with Crippen LogP contribution in [0.25, 0.3) is 27.9 Å². The Bertz CT molecular complexity index is 1630. The molecule has 0 aliphatic heterocycles. The maximum absolute atomic E-state index is 12.9. The third-order valence-electron chi connectivity index (χ3n) is 5.68. The van der Waals surface area contributed by atoms with E-state index >= 15 is 0 Å². The molecular formula is C28H20ClNO4. The van der Waals surface area contributed by atoms with Crippen LogP contribution in [-0.4, -0.2) is 17.5 Å². The fourth-order valence-corrected chi connectivity index (χ4v) is 4.23. The number of nitrogens with zero attached hydrogens (tertiary/aromatic N) is 1. The number of methoxy groups -OCH3 is 1. The Kier molecular flexibility index (Phi) is 5.78. The summed E-state index contributed by atoms with van der Waals surface area (Å²) >= 11 is 6.16. The molecule has 5 nitrogen and oxygen atoms in total. The van der Waals surface area contributed by atoms with Gasteiger partial charge in [0.2, 0.25) is 0 Å². The van der Waals surface area contributed by atoms with Crippen LogP contribution < -0.4 is 10.4 Å². The molecule has 6 heteroatoms. The number of allylic oxidation sites excluding steroid dienone is 1. The van der Waals surface area contributed by atoms with Crippen LogP contribution in [0.2, 0.25) is 5.02 Å². The van der Waals surface area contributed by atoms with Gasteiger partial charge in [-0.2, -0.15) is 0 Å². The maximum Gasteiger partial charge on any atom is 0.347 e. The summed E-state index contributed by atoms with van der Waals surface area (Å²) in [7, 11) is 1.61. The molecule has 0 fully saturated rings. The fourth-order valence-electron chi connectivity index (χ4n) is 4.02. The van der Waals surface area contributed by atoms with Crippen LogP contribution in [0, 0.1) is 0 Å². The SMILES string of the molecule is COc1ccc2c(c1)c(/C=C/C(=O)c1cc3ccccc3oc1=O)cn2Cc1cccc(Cl)c1. The first-order chi connectivity index (χ1) is 16.5. The van der Waals surface area contributed by atoms with Gasteiger partial charge in [-0.05, 0) is 60.2 Å². The first-order valence-corrected chi connectivity index (χ1v) is 11.1. The monoisotopic (exact) mass is 469 g/mol. The number of aromatic nitrogens is 1. The topological polar surface area (TPSA) is 61.4 Å². The highest BCUT2D eigenvalue weighted by Crippen LogP contribution is 2.28. The van der Waals surface area contributed by atoms with E-state index in [2.05, 4.69) is 4.57 Å². The average Bonchev–Trinajstić information content (AvgIpc) is 3.18. The van der Waals surface area contributed by atoms with Crippen molar-refractivity contribution in [2.24, 2.45) is 0 Å². The lowest BCUT2D eigenvalue weighted by atomic mass is 10.1. The van der Waals surface area contributed by atoms with Gasteiger partial charge in [0.05, 0.1) is 7.11 Å². The zero-order valence-corrected chi connectivity index (χ0v) is 19.1. The Balaban J connectivity index is 1.53. The predicted molar refractivity (Wildman–Crippen MR) is 135 cm³/mol. The van der Waals surface area contributed by atoms with E-state index in [1.54, 1.807) is 37.5 Å². The number of rotatable bonds is 6. The third kappa shape index (κ3) is 4.26. The van der Waals surface area contributed by atoms with Gasteiger partial charge in [-0.1, -0.05) is 41.9 Å². The van der Waals surface area contributed by atoms with Crippen LogP contribution in [0.1, 0.15) is 21.5 Å². The molecule has 5 rings (SSSR count). The highest BCUT2D eigenvalue weighted by molar-refractivity contribution is 6.30. The van der Waals surface area contributed by atoms with Crippen molar-refractivity contribution in [3.05, 3.63) is 117 Å². The highest BCUT2D eigenvalue weighted by Gasteiger charge is 2.13. The second kappa shape index (κ2) is 9.04. The molecule has 2 heterocycles. The van der Waals surface area contributed by atoms with Crippen LogP contribution in [0.4, 0.5) is 0 Å². The van der Waals surface area contributed by atoms with Gasteiger partial charge in [-0.25, -0.2) is 4.79 Å². The molecule has 0 spiro atoms. The molecule has 0 unspecified atom stereocenters. The minimum atomic E-state index is -0.654. The number of fused-ring (bicyclic) bond motifs is 2. The van der Waals surface area contributed by atoms with Crippen molar-refractivity contribution < 1.29 is 13.9 Å². The van der Waals surface area contributed by atoms with E-state index in [-0.39, 0.29) is 5.56 Å². The summed E-state index contributed by atoms with van der Waals surface area (Å²) < 4.78 is 12.8. The van der Waals surface area contributed by atoms with Crippen molar-refractivity contribution in [1.82, 2.24) is 4.57 Å². The summed E-state index contributed by atoms with van der Waals surface area (Å²) in [6, 6.07) is 22.2. The Morgan fingerprint density at radius 2 is 1.91 bits per heavy atom. The number of hydrogen-bond donors (Lipinski definition) is 0. The van der Waals surface area contributed by atoms with Gasteiger partial charge in [0.15, 0.2) is 5.78 Å². The highest BCUT2D eigenvalue weighted by atomic mass is 35.5. The minimum Gasteiger partial charge on any atom is -0.497 e. The molecule has 0 N–H and O–H groups in total. The van der Waals surface area contributed by atoms with Gasteiger partial charge < -0.3 is 13.7 Å². The summed E-state index contributed by atoms with van der Waals surface area (Å²) in [5, 5.41) is 2.30. The number of hydrogen-bond acceptors (Lipinski definition) is 4. The third-order valence-corrected chi connectivity index (χ3v) is 5.92. The van der Waals surface area contributed by atoms with E-state index in [9.17, 15) is 9.59 Å². The van der Waals surface area contributed by atoms with Crippen molar-refractivity contribution in [1.29, 1.82) is 0 Å². The second-order valence-electron chi connectivity index (χ2n) is 7.91. The van der Waals surface area contributed by atoms with Crippen molar-refractivity contribution in [2.75, 3.05) is 7.11 Å². The van der Waals surface area contributed by atoms with E-state index in [4.69, 9.17) is 20.8 Å². The largest absolute Gasteiger partial charge is 0.497 e. The Morgan fingerprint density at radius 1 is 1.06 bits per heavy atom. The minimum absolute atomic E-state index is 0.00445. The molecule has 5 aromatic rings. The van der Waals surface area contributed by atoms with E-state index < -0.39 is 11.4 Å². The van der Waals surface area contributed by atoms with Crippen molar-refractivity contribution >= 4 is 45.3 Å². The van der Waals surface area contributed by atoms with Crippen molar-refractivity contribution in [2.45, 2.75) is 6.54 Å². The van der Waals surface area contributed by atoms with Gasteiger partial charge >= 0.3 is 5.63 Å². The summed E-state index contributed by atoms with van der Waals surface area (Å²) in [5.41, 5.74) is 2.66. The number of halogens is 1. The summed E-state index contributed by atoms with van der Waals surface area (Å²) in [6.45, 7) is 0.611. The Labute approximate surface area is 200 Å². The zero-order chi connectivity index (χ0) is 23.7. The summed E-state index contributed by atoms with van der Waals surface area (Å²) in [6.07, 6.45) is 5.09. The fraction of sp³-hybridized carbons (Fsp3) is 0.0714. The number of carbonyl (C=O) groups is 1. The van der Waals surface area contributed by atoms with Gasteiger partial charge in [0.1, 0.15) is 16.9 Å². The second-order valence-corrected chi connectivity index (χ2v) is 8.34. The molecule has 168 valence electrons. The summed E-state index contributed by atoms with van der Waals surface area (Å²) in [5.74, 6) is 0.294. The molecule has 0 aliphatic rings. The van der Waals surface area contributed by atoms with Gasteiger partial charge in [-0.15, -0.1) is 0 Å². The van der Waals surface area contributed by atoms with Crippen molar-refractivity contribution in [3.8, 4) is 5.75 Å². The first-order valence-electron chi connectivity index (χ1n) is 10.7. The zero-order valence-electron chi connectivity index (χ0n) is 18.3. The molecule has 3 aromatic carbocycles. The lowest BCUT2D eigenvalue weighted by Crippen LogP contribution is -2.11. The van der Waals surface area contributed by atoms with Crippen LogP contribution in [0.3, 0.4) is 0 Å². The van der Waals surface area contributed by atoms with E-state index in [0.29, 0.717) is 28.3 Å². The lowest BCUT2D eigenvalue weighted by molar-refractivity contribution is 0.104. The van der Waals surface area contributed by atoms with Crippen LogP contribution in [0.15, 0.2) is 94.3 Å². The Morgan fingerprint density at radius 3 is 2.74 bits per heavy atom. The van der Waals surface area contributed by atoms with E-state index in [1.807, 2.05) is 54.7 Å². The lowest BCUT2D eigenvalue weighted by Gasteiger charge is -2.07. The normalized spacial score (nSPS) is 11.5. The molecule has 0 aliphatic carbocycles. The molecular weight excluding hydrogens is 450 g/mol. The molecule has 0 radical (unpaired) electrons. The quantitative estimate of drug-likeness (QED) is 0.165. The molecule has 34 heavy (non-hydrogen) atoms. The number of para-hydroxylation sites is 1. The standard InChI is InChI=1S/C28H20ClNO4/c1-33-22-10-11-25-23(15-22)20(17-30(25)16-18-5-4-7-21(29)13-18)9-12-26(31)24-14-19-6-2-3-8-27(19)34-28(24)32/h2-15,17H,16H2,1H3/b12-9+. The smallest absolute Gasteiger partial charge is 0.347 e. The molecule has 0 amide bonds. The number of carbonyl (C=O) groups excluding carboxylic acids is 1. The molecule has 0 atom stereocenters. The molecule has 0 saturated carbocycles. The van der Waals surface area contributed by atoms with E-state index in [0.717, 1.165) is 22.0 Å². The van der Waals surface area contributed by atoms with E-state index in [1.165, 1.54) is 6.08 Å². The van der Waals surface area contributed by atoms with Crippen molar-refractivity contribution in [3.63, 3.8) is 0 Å². The Hall–Kier alpha value is -4.09. The maximum atomic E-state index is 12.9. The average molecular weight is 470 g/mol. The van der Waals surface area contributed by atoms with Crippen LogP contribution in [0.5, 0.6) is 5.75 Å². The summed E-state index contributed by atoms with van der Waals surface area (Å²) in [4.78, 5) is 25.2. The van der Waals surface area contributed by atoms with Gasteiger partial charge in [-0.3, -0.25) is 4.79 Å². The molecule has 0 bridgehead atoms. The van der Waals surface area contributed by atoms with Crippen LogP contribution >= 0.6 is 11.6 Å². The number of benzene rings is 3. The van der Waals surface area contributed by atoms with Crippen LogP contribution in [-0.2, 0) is 6.54 Å². The first kappa shape index (κ1) is 21.7. The van der Waals surface area contributed by atoms with Gasteiger partial charge in [0.25, 0.3) is 0 Å². The number of ketones is 1. The van der Waals surface area contributed by atoms with Gasteiger partial charge in [0, 0.05) is 39.6 Å². The molecule has 2 aromatic heterocycles. The number of ether oxygens (including phenoxy) is 1. The predicted octanol–water partition coefficient (Wildman–Crippen LogP) is 6.35.